The highest BCUT2D eigenvalue weighted by atomic mass is 35.5. The molecule has 1 N–H and O–H groups in total. The summed E-state index contributed by atoms with van der Waals surface area (Å²) in [5.74, 6) is 0.0270. The largest absolute Gasteiger partial charge is 0.496 e. The Morgan fingerprint density at radius 2 is 1.84 bits per heavy atom. The summed E-state index contributed by atoms with van der Waals surface area (Å²) in [5.41, 5.74) is 0.447. The van der Waals surface area contributed by atoms with Crippen molar-refractivity contribution < 1.29 is 23.6 Å². The Kier molecular flexibility index (Phi) is 7.95. The highest BCUT2D eigenvalue weighted by Gasteiger charge is 2.23. The zero-order chi connectivity index (χ0) is 31.5. The van der Waals surface area contributed by atoms with Gasteiger partial charge in [0.15, 0.2) is 12.4 Å². The minimum atomic E-state index is -0.690. The number of rotatable bonds is 9. The van der Waals surface area contributed by atoms with Crippen molar-refractivity contribution in [2.24, 2.45) is 5.10 Å². The molecule has 1 amide bonds. The molecule has 0 bridgehead atoms. The van der Waals surface area contributed by atoms with Crippen LogP contribution in [0.2, 0.25) is 5.02 Å². The number of fused-ring (bicyclic) bond motifs is 2. The molecule has 0 atom stereocenters. The second kappa shape index (κ2) is 12.3. The van der Waals surface area contributed by atoms with Crippen molar-refractivity contribution in [2.75, 3.05) is 19.0 Å². The van der Waals surface area contributed by atoms with Gasteiger partial charge in [0.1, 0.15) is 11.3 Å². The number of anilines is 1. The Bertz CT molecular complexity index is 2180. The van der Waals surface area contributed by atoms with E-state index in [0.717, 1.165) is 10.7 Å². The van der Waals surface area contributed by atoms with E-state index in [-0.39, 0.29) is 33.3 Å². The lowest BCUT2D eigenvalue weighted by Crippen LogP contribution is -2.21. The number of nitro groups is 1. The van der Waals surface area contributed by atoms with E-state index in [0.29, 0.717) is 27.9 Å². The molecule has 6 rings (SSSR count). The lowest BCUT2D eigenvalue weighted by Gasteiger charge is -2.11. The third kappa shape index (κ3) is 5.94. The van der Waals surface area contributed by atoms with Gasteiger partial charge in [-0.3, -0.25) is 19.7 Å². The van der Waals surface area contributed by atoms with Gasteiger partial charge >= 0.3 is 5.69 Å². The first-order valence-electron chi connectivity index (χ1n) is 13.4. The molecular formula is C32H22ClN5O7. The first-order valence-corrected chi connectivity index (χ1v) is 13.8. The minimum Gasteiger partial charge on any atom is -0.496 e. The number of carbonyl (C=O) groups excluding carboxylic acids is 1. The van der Waals surface area contributed by atoms with Gasteiger partial charge < -0.3 is 19.2 Å². The van der Waals surface area contributed by atoms with Crippen molar-refractivity contribution in [3.8, 4) is 23.1 Å². The van der Waals surface area contributed by atoms with Crippen molar-refractivity contribution in [3.63, 3.8) is 0 Å². The van der Waals surface area contributed by atoms with E-state index in [1.165, 1.54) is 19.4 Å². The van der Waals surface area contributed by atoms with Crippen LogP contribution in [0.1, 0.15) is 5.56 Å². The molecule has 0 fully saturated rings. The topological polar surface area (TPSA) is 151 Å². The number of hydrogen-bond donors (Lipinski definition) is 1. The van der Waals surface area contributed by atoms with E-state index in [1.54, 1.807) is 78.9 Å². The molecule has 0 unspecified atom stereocenters. The number of nitro benzene ring substituents is 1. The number of aromatic nitrogens is 2. The normalized spacial score (nSPS) is 11.2. The van der Waals surface area contributed by atoms with E-state index in [9.17, 15) is 19.7 Å². The van der Waals surface area contributed by atoms with Gasteiger partial charge in [-0.05, 0) is 48.5 Å². The maximum Gasteiger partial charge on any atom is 0.313 e. The Balaban J connectivity index is 1.44. The van der Waals surface area contributed by atoms with Gasteiger partial charge in [0.2, 0.25) is 11.6 Å². The quantitative estimate of drug-likeness (QED) is 0.112. The number of nitrogens with one attached hydrogen (secondary N) is 1. The van der Waals surface area contributed by atoms with Crippen LogP contribution in [-0.2, 0) is 4.79 Å². The highest BCUT2D eigenvalue weighted by Crippen LogP contribution is 2.35. The third-order valence-corrected chi connectivity index (χ3v) is 6.91. The number of benzene rings is 4. The van der Waals surface area contributed by atoms with Crippen molar-refractivity contribution >= 4 is 57.0 Å². The SMILES string of the molecule is COc1cccc2oc(-c3nc4ccccc4c(=O)n3N=Cc3cc(Cl)cc([N+](=O)[O-])c3OCC(=O)Nc3ccccc3)cc12. The molecule has 13 heteroatoms. The molecule has 0 aliphatic carbocycles. The zero-order valence-corrected chi connectivity index (χ0v) is 24.2. The van der Waals surface area contributed by atoms with Gasteiger partial charge in [0, 0.05) is 22.3 Å². The predicted molar refractivity (Wildman–Crippen MR) is 169 cm³/mol. The first kappa shape index (κ1) is 29.1. The molecule has 0 aliphatic rings. The fourth-order valence-corrected chi connectivity index (χ4v) is 4.90. The monoisotopic (exact) mass is 623 g/mol. The molecule has 12 nitrogen and oxygen atoms in total. The van der Waals surface area contributed by atoms with E-state index >= 15 is 0 Å². The van der Waals surface area contributed by atoms with Gasteiger partial charge in [-0.25, -0.2) is 4.98 Å². The van der Waals surface area contributed by atoms with Crippen LogP contribution >= 0.6 is 11.6 Å². The van der Waals surface area contributed by atoms with E-state index in [1.807, 2.05) is 0 Å². The molecule has 224 valence electrons. The second-order valence-corrected chi connectivity index (χ2v) is 10.0. The number of furan rings is 1. The van der Waals surface area contributed by atoms with Crippen LogP contribution in [0.4, 0.5) is 11.4 Å². The van der Waals surface area contributed by atoms with Crippen LogP contribution in [0.15, 0.2) is 105 Å². The summed E-state index contributed by atoms with van der Waals surface area (Å²) in [5, 5.41) is 19.9. The lowest BCUT2D eigenvalue weighted by atomic mass is 10.2. The molecule has 6 aromatic rings. The summed E-state index contributed by atoms with van der Waals surface area (Å²) < 4.78 is 18.2. The van der Waals surface area contributed by atoms with Gasteiger partial charge in [-0.2, -0.15) is 9.78 Å². The number of ether oxygens (including phenoxy) is 2. The van der Waals surface area contributed by atoms with Crippen molar-refractivity contribution in [1.29, 1.82) is 0 Å². The van der Waals surface area contributed by atoms with Crippen LogP contribution in [0.3, 0.4) is 0 Å². The number of hydrogen-bond acceptors (Lipinski definition) is 9. The Morgan fingerprint density at radius 1 is 1.07 bits per heavy atom. The molecule has 0 saturated heterocycles. The number of nitrogens with zero attached hydrogens (tertiary/aromatic N) is 4. The molecule has 0 spiro atoms. The smallest absolute Gasteiger partial charge is 0.313 e. The van der Waals surface area contributed by atoms with Gasteiger partial charge in [-0.1, -0.05) is 48.0 Å². The third-order valence-electron chi connectivity index (χ3n) is 6.69. The zero-order valence-electron chi connectivity index (χ0n) is 23.5. The molecule has 45 heavy (non-hydrogen) atoms. The number of para-hydroxylation sites is 2. The number of carbonyl (C=O) groups is 1. The lowest BCUT2D eigenvalue weighted by molar-refractivity contribution is -0.385. The minimum absolute atomic E-state index is 0.0119. The van der Waals surface area contributed by atoms with E-state index < -0.39 is 28.7 Å². The molecule has 0 radical (unpaired) electrons. The summed E-state index contributed by atoms with van der Waals surface area (Å²) in [6.45, 7) is -0.554. The van der Waals surface area contributed by atoms with Crippen LogP contribution in [-0.4, -0.2) is 40.4 Å². The van der Waals surface area contributed by atoms with Crippen LogP contribution in [0.5, 0.6) is 11.5 Å². The van der Waals surface area contributed by atoms with Crippen molar-refractivity contribution in [3.05, 3.63) is 122 Å². The summed E-state index contributed by atoms with van der Waals surface area (Å²) in [6, 6.07) is 24.8. The van der Waals surface area contributed by atoms with E-state index in [4.69, 9.17) is 25.5 Å². The van der Waals surface area contributed by atoms with E-state index in [2.05, 4.69) is 15.4 Å². The first-order chi connectivity index (χ1) is 21.8. The Hall–Kier alpha value is -6.01. The fourth-order valence-electron chi connectivity index (χ4n) is 4.68. The van der Waals surface area contributed by atoms with Gasteiger partial charge in [-0.15, -0.1) is 0 Å². The maximum atomic E-state index is 13.7. The number of halogens is 1. The summed E-state index contributed by atoms with van der Waals surface area (Å²) >= 11 is 6.22. The number of methoxy groups -OCH3 is 1. The molecule has 2 heterocycles. The van der Waals surface area contributed by atoms with Crippen molar-refractivity contribution in [2.45, 2.75) is 0 Å². The average molecular weight is 624 g/mol. The van der Waals surface area contributed by atoms with Crippen LogP contribution in [0, 0.1) is 10.1 Å². The molecule has 2 aromatic heterocycles. The summed E-state index contributed by atoms with van der Waals surface area (Å²) in [4.78, 5) is 42.2. The predicted octanol–water partition coefficient (Wildman–Crippen LogP) is 6.28. The van der Waals surface area contributed by atoms with Gasteiger partial charge in [0.25, 0.3) is 11.5 Å². The highest BCUT2D eigenvalue weighted by molar-refractivity contribution is 6.31. The maximum absolute atomic E-state index is 13.7. The second-order valence-electron chi connectivity index (χ2n) is 9.60. The Morgan fingerprint density at radius 3 is 2.62 bits per heavy atom. The van der Waals surface area contributed by atoms with Crippen LogP contribution in [0.25, 0.3) is 33.5 Å². The molecule has 0 saturated carbocycles. The molecule has 0 aliphatic heterocycles. The van der Waals surface area contributed by atoms with Crippen molar-refractivity contribution in [1.82, 2.24) is 9.66 Å². The summed E-state index contributed by atoms with van der Waals surface area (Å²) in [7, 11) is 1.53. The molecule has 4 aromatic carbocycles. The van der Waals surface area contributed by atoms with Gasteiger partial charge in [0.05, 0.1) is 34.5 Å². The molecular weight excluding hydrogens is 602 g/mol. The average Bonchev–Trinajstić information content (AvgIpc) is 3.48. The fraction of sp³-hybridized carbons (Fsp3) is 0.0625. The summed E-state index contributed by atoms with van der Waals surface area (Å²) in [6.07, 6.45) is 1.17. The van der Waals surface area contributed by atoms with Crippen LogP contribution < -0.4 is 20.3 Å². The standard InChI is InChI=1S/C32H22ClN5O7/c1-43-26-12-7-13-27-23(26)16-28(45-27)31-36-24-11-6-5-10-22(24)32(40)37(31)34-17-19-14-20(33)15-25(38(41)42)30(19)44-18-29(39)35-21-8-3-2-4-9-21/h2-17H,18H2,1H3,(H,35,39). The number of amides is 1. The Labute approximate surface area is 259 Å².